The third-order valence-electron chi connectivity index (χ3n) is 17.4. The molecule has 8 heteroatoms. The standard InChI is InChI=1S/C76H43N5S3/c1-7-25-64-50(19-1)56-37-59-53-22-4-10-28-70(53)82-73(59)41-67(56)79(64)47-33-31-44(32-34-47)76-77-62(45-15-13-17-48(35-45)80-65-26-8-2-20-51(65)57-38-60-54-23-5-11-29-71(54)83-74(60)42-68(57)80)40-63(78-76)46-16-14-18-49(36-46)81-66-27-9-3-21-52(66)58-39-61-55-24-6-12-30-72(55)84-75(61)43-69(58)81/h1-43H. The molecule has 0 spiro atoms. The largest absolute Gasteiger partial charge is 0.309 e. The van der Waals surface area contributed by atoms with Gasteiger partial charge in [0, 0.05) is 127 Å². The molecule has 0 saturated carbocycles. The zero-order valence-corrected chi connectivity index (χ0v) is 47.2. The highest BCUT2D eigenvalue weighted by Crippen LogP contribution is 2.45. The molecule has 0 N–H and O–H groups in total. The summed E-state index contributed by atoms with van der Waals surface area (Å²) in [6.45, 7) is 0. The van der Waals surface area contributed by atoms with Gasteiger partial charge in [-0.3, -0.25) is 0 Å². The fraction of sp³-hybridized carbons (Fsp3) is 0. The van der Waals surface area contributed by atoms with E-state index in [0.29, 0.717) is 5.82 Å². The Morgan fingerprint density at radius 1 is 0.214 bits per heavy atom. The molecular formula is C76H43N5S3. The Bertz CT molecular complexity index is 5750. The van der Waals surface area contributed by atoms with Gasteiger partial charge < -0.3 is 13.7 Å². The summed E-state index contributed by atoms with van der Waals surface area (Å²) in [6.07, 6.45) is 0. The van der Waals surface area contributed by atoms with Gasteiger partial charge in [-0.05, 0) is 127 Å². The smallest absolute Gasteiger partial charge is 0.160 e. The summed E-state index contributed by atoms with van der Waals surface area (Å²) < 4.78 is 15.0. The van der Waals surface area contributed by atoms with Gasteiger partial charge in [-0.1, -0.05) is 133 Å². The Balaban J connectivity index is 0.791. The van der Waals surface area contributed by atoms with E-state index in [9.17, 15) is 0 Å². The molecule has 0 aliphatic carbocycles. The molecule has 0 aliphatic heterocycles. The van der Waals surface area contributed by atoms with Crippen molar-refractivity contribution in [1.29, 1.82) is 0 Å². The molecule has 0 atom stereocenters. The molecule has 7 aromatic heterocycles. The van der Waals surface area contributed by atoms with Crippen molar-refractivity contribution in [3.63, 3.8) is 0 Å². The topological polar surface area (TPSA) is 40.6 Å². The SMILES string of the molecule is c1cc(-c2cc(-c3cccc(-n4c5ccccc5c5cc6c(cc54)sc4ccccc46)c3)nc(-c3ccc(-n4c5ccccc5c5cc6c(cc54)sc4ccccc46)cc3)n2)cc(-n2c3ccccc3c3cc4c(cc32)sc2ccccc24)c1. The second-order valence-electron chi connectivity index (χ2n) is 22.1. The number of hydrogen-bond acceptors (Lipinski definition) is 5. The molecule has 5 nitrogen and oxygen atoms in total. The minimum atomic E-state index is 0.659. The van der Waals surface area contributed by atoms with E-state index in [-0.39, 0.29) is 0 Å². The first-order valence-corrected chi connectivity index (χ1v) is 30.8. The fourth-order valence-corrected chi connectivity index (χ4v) is 17.0. The summed E-state index contributed by atoms with van der Waals surface area (Å²) in [4.78, 5) is 11.1. The monoisotopic (exact) mass is 1120 g/mol. The number of thiophene rings is 3. The van der Waals surface area contributed by atoms with Crippen molar-refractivity contribution in [3.05, 3.63) is 261 Å². The van der Waals surface area contributed by atoms with E-state index in [1.165, 1.54) is 126 Å². The lowest BCUT2D eigenvalue weighted by atomic mass is 10.0. The van der Waals surface area contributed by atoms with Gasteiger partial charge >= 0.3 is 0 Å². The summed E-state index contributed by atoms with van der Waals surface area (Å²) in [5.41, 5.74) is 14.9. The van der Waals surface area contributed by atoms with Crippen LogP contribution in [-0.2, 0) is 0 Å². The average Bonchev–Trinajstić information content (AvgIpc) is 2.36. The highest BCUT2D eigenvalue weighted by molar-refractivity contribution is 7.26. The first kappa shape index (κ1) is 46.4. The van der Waals surface area contributed by atoms with Crippen LogP contribution >= 0.6 is 34.0 Å². The Morgan fingerprint density at radius 3 is 0.976 bits per heavy atom. The lowest BCUT2D eigenvalue weighted by molar-refractivity contribution is 1.15. The lowest BCUT2D eigenvalue weighted by Crippen LogP contribution is -1.99. The van der Waals surface area contributed by atoms with E-state index in [1.54, 1.807) is 0 Å². The number of fused-ring (bicyclic) bond motifs is 18. The first-order chi connectivity index (χ1) is 41.6. The Hall–Kier alpha value is -10.2. The second kappa shape index (κ2) is 17.6. The number of benzene rings is 12. The van der Waals surface area contributed by atoms with Crippen molar-refractivity contribution in [2.24, 2.45) is 0 Å². The molecule has 0 aliphatic rings. The average molecular weight is 1120 g/mol. The quantitative estimate of drug-likeness (QED) is 0.166. The summed E-state index contributed by atoms with van der Waals surface area (Å²) in [5, 5.41) is 15.3. The van der Waals surface area contributed by atoms with Gasteiger partial charge in [0.2, 0.25) is 0 Å². The van der Waals surface area contributed by atoms with Gasteiger partial charge in [-0.15, -0.1) is 34.0 Å². The van der Waals surface area contributed by atoms with Crippen LogP contribution in [0.15, 0.2) is 261 Å². The molecule has 7 heterocycles. The molecule has 0 fully saturated rings. The van der Waals surface area contributed by atoms with Crippen LogP contribution in [0.4, 0.5) is 0 Å². The highest BCUT2D eigenvalue weighted by atomic mass is 32.1. The number of hydrogen-bond donors (Lipinski definition) is 0. The van der Waals surface area contributed by atoms with Crippen LogP contribution in [0.3, 0.4) is 0 Å². The molecule has 19 aromatic rings. The lowest BCUT2D eigenvalue weighted by Gasteiger charge is -2.14. The molecule has 0 saturated heterocycles. The van der Waals surface area contributed by atoms with Crippen LogP contribution in [0.5, 0.6) is 0 Å². The van der Waals surface area contributed by atoms with E-state index in [4.69, 9.17) is 9.97 Å². The zero-order chi connectivity index (χ0) is 54.7. The van der Waals surface area contributed by atoms with E-state index in [2.05, 4.69) is 275 Å². The maximum atomic E-state index is 5.53. The molecule has 0 bridgehead atoms. The predicted octanol–water partition coefficient (Wildman–Crippen LogP) is 21.9. The number of aromatic nitrogens is 5. The molecule has 84 heavy (non-hydrogen) atoms. The Labute approximate surface area is 492 Å². The minimum Gasteiger partial charge on any atom is -0.309 e. The molecular weight excluding hydrogens is 1080 g/mol. The van der Waals surface area contributed by atoms with Gasteiger partial charge in [0.05, 0.1) is 44.5 Å². The summed E-state index contributed by atoms with van der Waals surface area (Å²) in [5.74, 6) is 0.659. The van der Waals surface area contributed by atoms with Gasteiger partial charge in [0.25, 0.3) is 0 Å². The van der Waals surface area contributed by atoms with Crippen LogP contribution in [0, 0.1) is 0 Å². The molecule has 12 aromatic carbocycles. The normalized spacial score (nSPS) is 12.3. The second-order valence-corrected chi connectivity index (χ2v) is 25.3. The van der Waals surface area contributed by atoms with Crippen LogP contribution in [0.2, 0.25) is 0 Å². The predicted molar refractivity (Wildman–Crippen MR) is 360 cm³/mol. The Kier molecular flexibility index (Phi) is 9.75. The van der Waals surface area contributed by atoms with E-state index < -0.39 is 0 Å². The maximum Gasteiger partial charge on any atom is 0.160 e. The molecule has 0 radical (unpaired) electrons. The zero-order valence-electron chi connectivity index (χ0n) is 44.8. The molecule has 0 amide bonds. The van der Waals surface area contributed by atoms with Crippen molar-refractivity contribution in [2.75, 3.05) is 0 Å². The summed E-state index contributed by atoms with van der Waals surface area (Å²) >= 11 is 5.58. The third kappa shape index (κ3) is 6.81. The summed E-state index contributed by atoms with van der Waals surface area (Å²) in [7, 11) is 0. The van der Waals surface area contributed by atoms with Crippen molar-refractivity contribution in [2.45, 2.75) is 0 Å². The highest BCUT2D eigenvalue weighted by Gasteiger charge is 2.21. The maximum absolute atomic E-state index is 5.53. The van der Waals surface area contributed by atoms with E-state index in [1.807, 2.05) is 34.0 Å². The molecule has 390 valence electrons. The number of para-hydroxylation sites is 3. The summed E-state index contributed by atoms with van der Waals surface area (Å²) in [6, 6.07) is 96.0. The minimum absolute atomic E-state index is 0.659. The molecule has 0 unspecified atom stereocenters. The van der Waals surface area contributed by atoms with Gasteiger partial charge in [0.15, 0.2) is 5.82 Å². The first-order valence-electron chi connectivity index (χ1n) is 28.4. The van der Waals surface area contributed by atoms with Gasteiger partial charge in [-0.2, -0.15) is 0 Å². The van der Waals surface area contributed by atoms with Gasteiger partial charge in [-0.25, -0.2) is 9.97 Å². The molecule has 19 rings (SSSR count). The van der Waals surface area contributed by atoms with Crippen molar-refractivity contribution in [1.82, 2.24) is 23.7 Å². The van der Waals surface area contributed by atoms with Crippen LogP contribution in [0.1, 0.15) is 0 Å². The van der Waals surface area contributed by atoms with Crippen molar-refractivity contribution >= 4 is 160 Å². The Morgan fingerprint density at radius 2 is 0.571 bits per heavy atom. The third-order valence-corrected chi connectivity index (χ3v) is 20.8. The number of rotatable bonds is 6. The van der Waals surface area contributed by atoms with Crippen LogP contribution in [-0.4, -0.2) is 23.7 Å². The van der Waals surface area contributed by atoms with Crippen molar-refractivity contribution in [3.8, 4) is 51.0 Å². The fourth-order valence-electron chi connectivity index (χ4n) is 13.6. The number of nitrogens with zero attached hydrogens (tertiary/aromatic N) is 5. The van der Waals surface area contributed by atoms with Crippen LogP contribution in [0.25, 0.3) is 177 Å². The van der Waals surface area contributed by atoms with E-state index in [0.717, 1.165) is 45.1 Å². The van der Waals surface area contributed by atoms with Crippen LogP contribution < -0.4 is 0 Å². The van der Waals surface area contributed by atoms with Gasteiger partial charge in [0.1, 0.15) is 0 Å². The van der Waals surface area contributed by atoms with E-state index >= 15 is 0 Å². The van der Waals surface area contributed by atoms with Crippen molar-refractivity contribution < 1.29 is 0 Å².